The van der Waals surface area contributed by atoms with Crippen LogP contribution in [0.4, 0.5) is 4.79 Å². The van der Waals surface area contributed by atoms with Crippen molar-refractivity contribution >= 4 is 6.09 Å². The fourth-order valence-corrected chi connectivity index (χ4v) is 1.76. The predicted octanol–water partition coefficient (Wildman–Crippen LogP) is 0.479. The lowest BCUT2D eigenvalue weighted by molar-refractivity contribution is -0.0200. The monoisotopic (exact) mass is 411 g/mol. The smallest absolute Gasteiger partial charge is 0.406 e. The van der Waals surface area contributed by atoms with Gasteiger partial charge in [-0.3, -0.25) is 0 Å². The molecule has 0 fully saturated rings. The zero-order chi connectivity index (χ0) is 20.5. The summed E-state index contributed by atoms with van der Waals surface area (Å²) in [4.78, 5) is 10.8. The third-order valence-corrected chi connectivity index (χ3v) is 3.14. The molecule has 1 amide bonds. The Bertz CT molecular complexity index is 321. The largest absolute Gasteiger partial charge is 0.453 e. The van der Waals surface area contributed by atoms with Crippen molar-refractivity contribution in [3.63, 3.8) is 0 Å². The predicted molar refractivity (Wildman–Crippen MR) is 102 cm³/mol. The molecular formula is C18H37NO9. The molecular weight excluding hydrogens is 374 g/mol. The molecule has 0 rings (SSSR count). The first kappa shape index (κ1) is 27.0. The minimum absolute atomic E-state index is 0.406. The van der Waals surface area contributed by atoms with Crippen molar-refractivity contribution in [2.75, 3.05) is 106 Å². The van der Waals surface area contributed by atoms with Crippen LogP contribution in [-0.2, 0) is 37.9 Å². The van der Waals surface area contributed by atoms with E-state index in [2.05, 4.69) is 10.1 Å². The Morgan fingerprint density at radius 3 is 1.21 bits per heavy atom. The van der Waals surface area contributed by atoms with Gasteiger partial charge in [0.25, 0.3) is 0 Å². The van der Waals surface area contributed by atoms with Crippen LogP contribution in [-0.4, -0.2) is 112 Å². The van der Waals surface area contributed by atoms with Crippen LogP contribution in [0.3, 0.4) is 0 Å². The third kappa shape index (κ3) is 23.0. The summed E-state index contributed by atoms with van der Waals surface area (Å²) >= 11 is 0. The lowest BCUT2D eigenvalue weighted by Crippen LogP contribution is -2.27. The van der Waals surface area contributed by atoms with Crippen LogP contribution in [0.2, 0.25) is 0 Å². The maximum atomic E-state index is 10.8. The second-order valence-electron chi connectivity index (χ2n) is 5.29. The van der Waals surface area contributed by atoms with Crippen molar-refractivity contribution in [3.8, 4) is 0 Å². The number of carbonyl (C=O) groups is 1. The van der Waals surface area contributed by atoms with Crippen LogP contribution in [0.25, 0.3) is 0 Å². The van der Waals surface area contributed by atoms with Gasteiger partial charge in [0.1, 0.15) is 0 Å². The third-order valence-electron chi connectivity index (χ3n) is 3.14. The standard InChI is InChI=1S/C18H37NO9/c1-3-22-6-7-24-10-11-26-14-15-28-17-16-27-13-12-25-9-8-23-5-4-19-18(20)21-2/h3-17H2,1-2H3,(H,19,20). The second kappa shape index (κ2) is 24.0. The van der Waals surface area contributed by atoms with Crippen LogP contribution in [0.5, 0.6) is 0 Å². The quantitative estimate of drug-likeness (QED) is 0.255. The van der Waals surface area contributed by atoms with Gasteiger partial charge in [0.2, 0.25) is 0 Å². The highest BCUT2D eigenvalue weighted by atomic mass is 16.6. The second-order valence-corrected chi connectivity index (χ2v) is 5.29. The molecule has 0 heterocycles. The maximum absolute atomic E-state index is 10.8. The molecule has 0 aliphatic carbocycles. The maximum Gasteiger partial charge on any atom is 0.406 e. The highest BCUT2D eigenvalue weighted by Crippen LogP contribution is 1.85. The fraction of sp³-hybridized carbons (Fsp3) is 0.944. The van der Waals surface area contributed by atoms with Crippen molar-refractivity contribution in [1.29, 1.82) is 0 Å². The summed E-state index contributed by atoms with van der Waals surface area (Å²) in [7, 11) is 1.32. The molecule has 0 aliphatic rings. The van der Waals surface area contributed by atoms with Crippen LogP contribution in [0, 0.1) is 0 Å². The lowest BCUT2D eigenvalue weighted by Gasteiger charge is -2.08. The first-order valence-corrected chi connectivity index (χ1v) is 9.67. The molecule has 168 valence electrons. The Balaban J connectivity index is 3.00. The molecule has 0 spiro atoms. The van der Waals surface area contributed by atoms with Gasteiger partial charge in [-0.15, -0.1) is 0 Å². The van der Waals surface area contributed by atoms with E-state index in [1.807, 2.05) is 6.92 Å². The topological polar surface area (TPSA) is 103 Å². The minimum atomic E-state index is -0.466. The van der Waals surface area contributed by atoms with Gasteiger partial charge >= 0.3 is 6.09 Å². The molecule has 0 aromatic carbocycles. The number of methoxy groups -OCH3 is 1. The number of ether oxygens (including phenoxy) is 8. The van der Waals surface area contributed by atoms with E-state index in [-0.39, 0.29) is 0 Å². The summed E-state index contributed by atoms with van der Waals surface area (Å²) in [6, 6.07) is 0. The van der Waals surface area contributed by atoms with E-state index in [0.29, 0.717) is 99.0 Å². The molecule has 0 unspecified atom stereocenters. The van der Waals surface area contributed by atoms with E-state index < -0.39 is 6.09 Å². The average Bonchev–Trinajstić information content (AvgIpc) is 2.71. The van der Waals surface area contributed by atoms with Crippen LogP contribution in [0.15, 0.2) is 0 Å². The van der Waals surface area contributed by atoms with Crippen molar-refractivity contribution < 1.29 is 42.7 Å². The molecule has 0 radical (unpaired) electrons. The van der Waals surface area contributed by atoms with Gasteiger partial charge in [0.15, 0.2) is 0 Å². The van der Waals surface area contributed by atoms with Crippen molar-refractivity contribution in [3.05, 3.63) is 0 Å². The van der Waals surface area contributed by atoms with E-state index in [0.717, 1.165) is 0 Å². The molecule has 28 heavy (non-hydrogen) atoms. The van der Waals surface area contributed by atoms with Crippen LogP contribution >= 0.6 is 0 Å². The molecule has 10 heteroatoms. The van der Waals surface area contributed by atoms with Crippen LogP contribution < -0.4 is 5.32 Å². The Morgan fingerprint density at radius 2 is 0.893 bits per heavy atom. The molecule has 0 atom stereocenters. The number of nitrogens with one attached hydrogen (secondary N) is 1. The van der Waals surface area contributed by atoms with E-state index in [4.69, 9.17) is 33.2 Å². The first-order valence-electron chi connectivity index (χ1n) is 9.67. The van der Waals surface area contributed by atoms with E-state index >= 15 is 0 Å². The van der Waals surface area contributed by atoms with E-state index in [1.165, 1.54) is 7.11 Å². The summed E-state index contributed by atoms with van der Waals surface area (Å²) < 4.78 is 41.7. The Kier molecular flexibility index (Phi) is 23.2. The van der Waals surface area contributed by atoms with E-state index in [1.54, 1.807) is 0 Å². The number of amides is 1. The molecule has 0 aromatic heterocycles. The van der Waals surface area contributed by atoms with Gasteiger partial charge in [0.05, 0.1) is 93.0 Å². The zero-order valence-corrected chi connectivity index (χ0v) is 17.3. The number of rotatable bonds is 22. The number of alkyl carbamates (subject to hydrolysis) is 1. The zero-order valence-electron chi connectivity index (χ0n) is 17.3. The van der Waals surface area contributed by atoms with Gasteiger partial charge in [-0.05, 0) is 6.92 Å². The number of carbonyl (C=O) groups excluding carboxylic acids is 1. The highest BCUT2D eigenvalue weighted by Gasteiger charge is 1.97. The highest BCUT2D eigenvalue weighted by molar-refractivity contribution is 5.66. The average molecular weight is 411 g/mol. The summed E-state index contributed by atoms with van der Waals surface area (Å²) in [6.45, 7) is 9.84. The van der Waals surface area contributed by atoms with Gasteiger partial charge in [-0.2, -0.15) is 0 Å². The summed E-state index contributed by atoms with van der Waals surface area (Å²) in [5.74, 6) is 0. The van der Waals surface area contributed by atoms with Gasteiger partial charge in [-0.25, -0.2) is 4.79 Å². The first-order chi connectivity index (χ1) is 13.8. The minimum Gasteiger partial charge on any atom is -0.453 e. The van der Waals surface area contributed by atoms with Gasteiger partial charge < -0.3 is 43.2 Å². The molecule has 0 bridgehead atoms. The number of hydrogen-bond donors (Lipinski definition) is 1. The van der Waals surface area contributed by atoms with E-state index in [9.17, 15) is 4.79 Å². The van der Waals surface area contributed by atoms with Crippen LogP contribution in [0.1, 0.15) is 6.92 Å². The molecule has 0 saturated heterocycles. The van der Waals surface area contributed by atoms with Crippen molar-refractivity contribution in [2.24, 2.45) is 0 Å². The lowest BCUT2D eigenvalue weighted by atomic mass is 10.6. The van der Waals surface area contributed by atoms with Crippen molar-refractivity contribution in [1.82, 2.24) is 5.32 Å². The Hall–Kier alpha value is -1.01. The summed E-state index contributed by atoms with van der Waals surface area (Å²) in [5.41, 5.74) is 0. The van der Waals surface area contributed by atoms with Crippen molar-refractivity contribution in [2.45, 2.75) is 6.92 Å². The molecule has 0 aromatic rings. The summed E-state index contributed by atoms with van der Waals surface area (Å²) in [5, 5.41) is 2.52. The van der Waals surface area contributed by atoms with Gasteiger partial charge in [0, 0.05) is 13.2 Å². The number of hydrogen-bond acceptors (Lipinski definition) is 9. The van der Waals surface area contributed by atoms with Gasteiger partial charge in [-0.1, -0.05) is 0 Å². The Labute approximate surface area is 168 Å². The Morgan fingerprint density at radius 1 is 0.571 bits per heavy atom. The summed E-state index contributed by atoms with van der Waals surface area (Å²) in [6.07, 6.45) is -0.466. The molecule has 10 nitrogen and oxygen atoms in total. The molecule has 1 N–H and O–H groups in total. The molecule has 0 aliphatic heterocycles. The fourth-order valence-electron chi connectivity index (χ4n) is 1.76. The molecule has 0 saturated carbocycles. The normalized spacial score (nSPS) is 10.9. The SMILES string of the molecule is CCOCCOCCOCCOCCOCCOCCOCCNC(=O)OC.